The Labute approximate surface area is 124 Å². The normalized spacial score (nSPS) is 18.3. The molecule has 21 heavy (non-hydrogen) atoms. The standard InChI is InChI=1S/C17H17N3O/c1-13-9-16(5-6-19-13)20-7-8-21-17(12-20)15-4-2-3-14(10-15)11-18/h2-6,9-10,17H,7-8,12H2,1H3/t17-/m1/s1. The Hall–Kier alpha value is -2.38. The number of anilines is 1. The highest BCUT2D eigenvalue weighted by Crippen LogP contribution is 2.26. The zero-order chi connectivity index (χ0) is 14.7. The molecule has 0 radical (unpaired) electrons. The molecule has 0 amide bonds. The number of morpholine rings is 1. The number of hydrogen-bond acceptors (Lipinski definition) is 4. The lowest BCUT2D eigenvalue weighted by Gasteiger charge is -2.34. The summed E-state index contributed by atoms with van der Waals surface area (Å²) in [6.45, 7) is 4.34. The number of rotatable bonds is 2. The summed E-state index contributed by atoms with van der Waals surface area (Å²) in [5.41, 5.74) is 3.92. The van der Waals surface area contributed by atoms with Crippen molar-refractivity contribution in [2.24, 2.45) is 0 Å². The minimum atomic E-state index is 0.000483. The molecule has 1 aromatic carbocycles. The van der Waals surface area contributed by atoms with Crippen molar-refractivity contribution in [2.75, 3.05) is 24.6 Å². The molecule has 0 bridgehead atoms. The van der Waals surface area contributed by atoms with E-state index in [0.29, 0.717) is 12.2 Å². The van der Waals surface area contributed by atoms with E-state index in [4.69, 9.17) is 10.00 Å². The summed E-state index contributed by atoms with van der Waals surface area (Å²) in [7, 11) is 0. The van der Waals surface area contributed by atoms with Gasteiger partial charge >= 0.3 is 0 Å². The lowest BCUT2D eigenvalue weighted by Crippen LogP contribution is -2.38. The first-order valence-electron chi connectivity index (χ1n) is 7.05. The van der Waals surface area contributed by atoms with Gasteiger partial charge in [-0.3, -0.25) is 4.98 Å². The Morgan fingerprint density at radius 3 is 3.05 bits per heavy atom. The first-order valence-corrected chi connectivity index (χ1v) is 7.05. The van der Waals surface area contributed by atoms with E-state index in [-0.39, 0.29) is 6.10 Å². The molecule has 0 spiro atoms. The van der Waals surface area contributed by atoms with Gasteiger partial charge in [0.25, 0.3) is 0 Å². The van der Waals surface area contributed by atoms with Crippen molar-refractivity contribution in [3.8, 4) is 6.07 Å². The van der Waals surface area contributed by atoms with Gasteiger partial charge in [-0.05, 0) is 36.8 Å². The molecule has 3 rings (SSSR count). The van der Waals surface area contributed by atoms with Gasteiger partial charge in [-0.25, -0.2) is 0 Å². The predicted molar refractivity (Wildman–Crippen MR) is 81.0 cm³/mol. The average molecular weight is 279 g/mol. The second kappa shape index (κ2) is 5.94. The molecule has 4 heteroatoms. The molecule has 0 unspecified atom stereocenters. The molecule has 106 valence electrons. The van der Waals surface area contributed by atoms with Gasteiger partial charge < -0.3 is 9.64 Å². The van der Waals surface area contributed by atoms with Crippen LogP contribution in [-0.2, 0) is 4.74 Å². The fraction of sp³-hybridized carbons (Fsp3) is 0.294. The van der Waals surface area contributed by atoms with Gasteiger partial charge in [-0.1, -0.05) is 12.1 Å². The molecule has 1 fully saturated rings. The molecule has 1 aromatic heterocycles. The van der Waals surface area contributed by atoms with Crippen LogP contribution in [-0.4, -0.2) is 24.7 Å². The molecule has 0 aliphatic carbocycles. The van der Waals surface area contributed by atoms with E-state index in [9.17, 15) is 0 Å². The van der Waals surface area contributed by atoms with Gasteiger partial charge in [-0.15, -0.1) is 0 Å². The summed E-state index contributed by atoms with van der Waals surface area (Å²) in [5.74, 6) is 0. The number of nitriles is 1. The molecule has 0 N–H and O–H groups in total. The van der Waals surface area contributed by atoms with Crippen molar-refractivity contribution in [1.29, 1.82) is 5.26 Å². The highest BCUT2D eigenvalue weighted by atomic mass is 16.5. The number of hydrogen-bond donors (Lipinski definition) is 0. The van der Waals surface area contributed by atoms with E-state index in [1.54, 1.807) is 0 Å². The van der Waals surface area contributed by atoms with Crippen LogP contribution in [0.25, 0.3) is 0 Å². The van der Waals surface area contributed by atoms with Crippen LogP contribution in [0.3, 0.4) is 0 Å². The van der Waals surface area contributed by atoms with E-state index >= 15 is 0 Å². The first kappa shape index (κ1) is 13.6. The van der Waals surface area contributed by atoms with E-state index in [1.807, 2.05) is 43.5 Å². The molecular weight excluding hydrogens is 262 g/mol. The second-order valence-corrected chi connectivity index (χ2v) is 5.20. The molecule has 1 aliphatic rings. The minimum absolute atomic E-state index is 0.000483. The number of benzene rings is 1. The van der Waals surface area contributed by atoms with Gasteiger partial charge in [0.15, 0.2) is 0 Å². The van der Waals surface area contributed by atoms with Crippen LogP contribution >= 0.6 is 0 Å². The van der Waals surface area contributed by atoms with Gasteiger partial charge in [-0.2, -0.15) is 5.26 Å². The van der Waals surface area contributed by atoms with Crippen molar-refractivity contribution in [1.82, 2.24) is 4.98 Å². The first-order chi connectivity index (χ1) is 10.3. The Morgan fingerprint density at radius 1 is 1.33 bits per heavy atom. The van der Waals surface area contributed by atoms with Crippen molar-refractivity contribution in [3.63, 3.8) is 0 Å². The van der Waals surface area contributed by atoms with Gasteiger partial charge in [0, 0.05) is 30.7 Å². The van der Waals surface area contributed by atoms with Crippen LogP contribution in [0.2, 0.25) is 0 Å². The Balaban J connectivity index is 1.81. The fourth-order valence-corrected chi connectivity index (χ4v) is 2.62. The quantitative estimate of drug-likeness (QED) is 0.848. The second-order valence-electron chi connectivity index (χ2n) is 5.20. The maximum Gasteiger partial charge on any atom is 0.100 e. The summed E-state index contributed by atoms with van der Waals surface area (Å²) in [5, 5.41) is 9.01. The summed E-state index contributed by atoms with van der Waals surface area (Å²) < 4.78 is 5.88. The number of ether oxygens (including phenoxy) is 1. The Kier molecular flexibility index (Phi) is 3.85. The zero-order valence-electron chi connectivity index (χ0n) is 12.0. The van der Waals surface area contributed by atoms with E-state index < -0.39 is 0 Å². The molecule has 1 atom stereocenters. The molecule has 1 aliphatic heterocycles. The molecular formula is C17H17N3O. The van der Waals surface area contributed by atoms with Crippen molar-refractivity contribution >= 4 is 5.69 Å². The molecule has 2 heterocycles. The molecule has 1 saturated heterocycles. The third-order valence-electron chi connectivity index (χ3n) is 3.70. The van der Waals surface area contributed by atoms with E-state index in [0.717, 1.165) is 24.3 Å². The van der Waals surface area contributed by atoms with Gasteiger partial charge in [0.1, 0.15) is 6.10 Å². The van der Waals surface area contributed by atoms with E-state index in [2.05, 4.69) is 22.0 Å². The highest BCUT2D eigenvalue weighted by Gasteiger charge is 2.22. The number of nitrogens with zero attached hydrogens (tertiary/aromatic N) is 3. The fourth-order valence-electron chi connectivity index (χ4n) is 2.62. The van der Waals surface area contributed by atoms with Crippen LogP contribution in [0.5, 0.6) is 0 Å². The minimum Gasteiger partial charge on any atom is -0.370 e. The van der Waals surface area contributed by atoms with Crippen molar-refractivity contribution < 1.29 is 4.74 Å². The van der Waals surface area contributed by atoms with Crippen LogP contribution < -0.4 is 4.90 Å². The van der Waals surface area contributed by atoms with Crippen LogP contribution in [0.15, 0.2) is 42.6 Å². The van der Waals surface area contributed by atoms with Crippen LogP contribution in [0.4, 0.5) is 5.69 Å². The topological polar surface area (TPSA) is 49.1 Å². The number of pyridine rings is 1. The van der Waals surface area contributed by atoms with Crippen molar-refractivity contribution in [2.45, 2.75) is 13.0 Å². The third kappa shape index (κ3) is 3.04. The Bertz CT molecular complexity index is 678. The highest BCUT2D eigenvalue weighted by molar-refractivity contribution is 5.47. The lowest BCUT2D eigenvalue weighted by atomic mass is 10.0. The van der Waals surface area contributed by atoms with Gasteiger partial charge in [0.2, 0.25) is 0 Å². The monoisotopic (exact) mass is 279 g/mol. The maximum absolute atomic E-state index is 9.01. The summed E-state index contributed by atoms with van der Waals surface area (Å²) in [6.07, 6.45) is 1.84. The average Bonchev–Trinajstić information content (AvgIpc) is 2.55. The third-order valence-corrected chi connectivity index (χ3v) is 3.70. The Morgan fingerprint density at radius 2 is 2.24 bits per heavy atom. The van der Waals surface area contributed by atoms with Crippen LogP contribution in [0, 0.1) is 18.3 Å². The van der Waals surface area contributed by atoms with Crippen molar-refractivity contribution in [3.05, 3.63) is 59.4 Å². The predicted octanol–water partition coefficient (Wildman–Crippen LogP) is 2.84. The SMILES string of the molecule is Cc1cc(N2CCO[C@@H](c3cccc(C#N)c3)C2)ccn1. The zero-order valence-corrected chi connectivity index (χ0v) is 12.0. The molecule has 0 saturated carbocycles. The lowest BCUT2D eigenvalue weighted by molar-refractivity contribution is 0.0398. The molecule has 4 nitrogen and oxygen atoms in total. The summed E-state index contributed by atoms with van der Waals surface area (Å²) in [6, 6.07) is 14.0. The van der Waals surface area contributed by atoms with Gasteiger partial charge in [0.05, 0.1) is 18.2 Å². The van der Waals surface area contributed by atoms with E-state index in [1.165, 1.54) is 5.69 Å². The molecule has 2 aromatic rings. The smallest absolute Gasteiger partial charge is 0.100 e. The number of aromatic nitrogens is 1. The summed E-state index contributed by atoms with van der Waals surface area (Å²) in [4.78, 5) is 6.55. The number of aryl methyl sites for hydroxylation is 1. The summed E-state index contributed by atoms with van der Waals surface area (Å²) >= 11 is 0. The van der Waals surface area contributed by atoms with Crippen LogP contribution in [0.1, 0.15) is 22.9 Å². The largest absolute Gasteiger partial charge is 0.370 e. The maximum atomic E-state index is 9.01.